The number of hydrogen-bond donors (Lipinski definition) is 1. The topological polar surface area (TPSA) is 67.2 Å². The maximum Gasteiger partial charge on any atom is 0.144 e. The molecule has 1 aromatic rings. The number of nitrogens with zero attached hydrogens (tertiary/aromatic N) is 2. The van der Waals surface area contributed by atoms with Crippen LogP contribution >= 0.6 is 0 Å². The van der Waals surface area contributed by atoms with Crippen molar-refractivity contribution < 1.29 is 9.47 Å². The fourth-order valence-electron chi connectivity index (χ4n) is 2.72. The molecule has 0 saturated carbocycles. The van der Waals surface area contributed by atoms with Gasteiger partial charge in [0, 0.05) is 12.2 Å². The smallest absolute Gasteiger partial charge is 0.144 e. The van der Waals surface area contributed by atoms with Crippen LogP contribution in [0.2, 0.25) is 0 Å². The van der Waals surface area contributed by atoms with Gasteiger partial charge in [0.2, 0.25) is 0 Å². The van der Waals surface area contributed by atoms with Crippen LogP contribution in [-0.4, -0.2) is 37.5 Å². The fraction of sp³-hybridized carbons (Fsp3) is 0.600. The van der Waals surface area contributed by atoms with Crippen molar-refractivity contribution in [3.05, 3.63) is 22.9 Å². The number of fused-ring (bicyclic) bond motifs is 1. The van der Waals surface area contributed by atoms with Crippen molar-refractivity contribution in [2.45, 2.75) is 31.8 Å². The Hall–Kier alpha value is -1.64. The summed E-state index contributed by atoms with van der Waals surface area (Å²) < 4.78 is 11.0. The summed E-state index contributed by atoms with van der Waals surface area (Å²) in [7, 11) is 0. The van der Waals surface area contributed by atoms with Gasteiger partial charge in [-0.1, -0.05) is 0 Å². The number of nitriles is 1. The molecular formula is C15H19N3O2. The van der Waals surface area contributed by atoms with E-state index >= 15 is 0 Å². The molecule has 1 fully saturated rings. The minimum absolute atomic E-state index is 0.0353. The molecule has 5 heteroatoms. The second kappa shape index (κ2) is 6.21. The Morgan fingerprint density at radius 2 is 2.25 bits per heavy atom. The average molecular weight is 273 g/mol. The largest absolute Gasteiger partial charge is 0.376 e. The van der Waals surface area contributed by atoms with E-state index in [1.165, 1.54) is 18.4 Å². The number of ether oxygens (including phenoxy) is 2. The summed E-state index contributed by atoms with van der Waals surface area (Å²) in [6.07, 6.45) is 4.47. The lowest BCUT2D eigenvalue weighted by molar-refractivity contribution is -0.0819. The zero-order chi connectivity index (χ0) is 13.8. The highest BCUT2D eigenvalue weighted by atomic mass is 16.6. The van der Waals surface area contributed by atoms with Crippen LogP contribution in [0.25, 0.3) is 0 Å². The van der Waals surface area contributed by atoms with Crippen molar-refractivity contribution in [3.63, 3.8) is 0 Å². The van der Waals surface area contributed by atoms with E-state index in [9.17, 15) is 5.26 Å². The first-order valence-corrected chi connectivity index (χ1v) is 7.23. The van der Waals surface area contributed by atoms with E-state index in [4.69, 9.17) is 9.47 Å². The first kappa shape index (κ1) is 13.3. The average Bonchev–Trinajstić information content (AvgIpc) is 2.53. The van der Waals surface area contributed by atoms with Gasteiger partial charge in [0.25, 0.3) is 0 Å². The maximum absolute atomic E-state index is 9.27. The molecule has 106 valence electrons. The SMILES string of the molecule is N#Cc1cc2c(nc1NCC1COCCO1)CCCC2. The van der Waals surface area contributed by atoms with E-state index in [0.29, 0.717) is 37.7 Å². The van der Waals surface area contributed by atoms with E-state index < -0.39 is 0 Å². The summed E-state index contributed by atoms with van der Waals surface area (Å²) >= 11 is 0. The Labute approximate surface area is 118 Å². The van der Waals surface area contributed by atoms with Crippen LogP contribution < -0.4 is 5.32 Å². The number of hydrogen-bond acceptors (Lipinski definition) is 5. The van der Waals surface area contributed by atoms with E-state index in [1.54, 1.807) is 0 Å². The molecule has 0 bridgehead atoms. The van der Waals surface area contributed by atoms with Crippen LogP contribution in [0.1, 0.15) is 29.7 Å². The molecule has 1 aliphatic carbocycles. The Kier molecular flexibility index (Phi) is 4.14. The Bertz CT molecular complexity index is 519. The monoisotopic (exact) mass is 273 g/mol. The summed E-state index contributed by atoms with van der Waals surface area (Å²) in [5.41, 5.74) is 3.00. The van der Waals surface area contributed by atoms with Crippen molar-refractivity contribution in [2.24, 2.45) is 0 Å². The quantitative estimate of drug-likeness (QED) is 0.907. The van der Waals surface area contributed by atoms with Crippen LogP contribution in [0.3, 0.4) is 0 Å². The standard InChI is InChI=1S/C15H19N3O2/c16-8-12-7-11-3-1-2-4-14(11)18-15(12)17-9-13-10-19-5-6-20-13/h7,13H,1-6,9-10H2,(H,17,18). The molecule has 0 amide bonds. The number of nitrogens with one attached hydrogen (secondary N) is 1. The van der Waals surface area contributed by atoms with Crippen LogP contribution in [-0.2, 0) is 22.3 Å². The summed E-state index contributed by atoms with van der Waals surface area (Å²) in [6, 6.07) is 4.22. The van der Waals surface area contributed by atoms with E-state index in [0.717, 1.165) is 18.5 Å². The van der Waals surface area contributed by atoms with Gasteiger partial charge in [-0.3, -0.25) is 0 Å². The molecule has 1 N–H and O–H groups in total. The van der Waals surface area contributed by atoms with Crippen LogP contribution in [0.5, 0.6) is 0 Å². The van der Waals surface area contributed by atoms with Gasteiger partial charge in [0.05, 0.1) is 31.5 Å². The molecule has 5 nitrogen and oxygen atoms in total. The summed E-state index contributed by atoms with van der Waals surface area (Å²) in [5.74, 6) is 0.683. The van der Waals surface area contributed by atoms with Crippen molar-refractivity contribution >= 4 is 5.82 Å². The first-order valence-electron chi connectivity index (χ1n) is 7.23. The molecule has 1 saturated heterocycles. The number of rotatable bonds is 3. The molecule has 1 unspecified atom stereocenters. The molecule has 20 heavy (non-hydrogen) atoms. The Morgan fingerprint density at radius 3 is 3.05 bits per heavy atom. The van der Waals surface area contributed by atoms with Gasteiger partial charge in [0.15, 0.2) is 0 Å². The normalized spacial score (nSPS) is 21.9. The van der Waals surface area contributed by atoms with Crippen LogP contribution in [0.15, 0.2) is 6.07 Å². The summed E-state index contributed by atoms with van der Waals surface area (Å²) in [4.78, 5) is 4.64. The lowest BCUT2D eigenvalue weighted by Crippen LogP contribution is -2.34. The predicted octanol–water partition coefficient (Wildman–Crippen LogP) is 1.66. The molecule has 1 aromatic heterocycles. The van der Waals surface area contributed by atoms with Crippen molar-refractivity contribution in [1.29, 1.82) is 5.26 Å². The van der Waals surface area contributed by atoms with E-state index in [-0.39, 0.29) is 6.10 Å². The zero-order valence-corrected chi connectivity index (χ0v) is 11.5. The molecule has 2 heterocycles. The molecule has 0 radical (unpaired) electrons. The molecule has 0 spiro atoms. The van der Waals surface area contributed by atoms with Gasteiger partial charge >= 0.3 is 0 Å². The van der Waals surface area contributed by atoms with E-state index in [2.05, 4.69) is 16.4 Å². The highest BCUT2D eigenvalue weighted by Gasteiger charge is 2.18. The van der Waals surface area contributed by atoms with Gasteiger partial charge in [-0.15, -0.1) is 0 Å². The predicted molar refractivity (Wildman–Crippen MR) is 74.6 cm³/mol. The fourth-order valence-corrected chi connectivity index (χ4v) is 2.72. The molecule has 1 aliphatic heterocycles. The maximum atomic E-state index is 9.27. The third-order valence-electron chi connectivity index (χ3n) is 3.80. The van der Waals surface area contributed by atoms with E-state index in [1.807, 2.05) is 6.07 Å². The lowest BCUT2D eigenvalue weighted by Gasteiger charge is -2.24. The van der Waals surface area contributed by atoms with Crippen molar-refractivity contribution in [2.75, 3.05) is 31.7 Å². The van der Waals surface area contributed by atoms with Gasteiger partial charge in [-0.2, -0.15) is 5.26 Å². The Balaban J connectivity index is 1.72. The molecule has 2 aliphatic rings. The molecule has 3 rings (SSSR count). The van der Waals surface area contributed by atoms with Crippen LogP contribution in [0, 0.1) is 11.3 Å². The number of pyridine rings is 1. The minimum Gasteiger partial charge on any atom is -0.376 e. The third kappa shape index (κ3) is 2.92. The van der Waals surface area contributed by atoms with Crippen molar-refractivity contribution in [1.82, 2.24) is 4.98 Å². The number of anilines is 1. The highest BCUT2D eigenvalue weighted by Crippen LogP contribution is 2.24. The number of aryl methyl sites for hydroxylation is 2. The molecule has 0 aromatic carbocycles. The highest BCUT2D eigenvalue weighted by molar-refractivity contribution is 5.54. The third-order valence-corrected chi connectivity index (χ3v) is 3.80. The van der Waals surface area contributed by atoms with Crippen molar-refractivity contribution in [3.8, 4) is 6.07 Å². The van der Waals surface area contributed by atoms with Gasteiger partial charge in [-0.05, 0) is 37.3 Å². The second-order valence-electron chi connectivity index (χ2n) is 5.26. The van der Waals surface area contributed by atoms with Crippen LogP contribution in [0.4, 0.5) is 5.82 Å². The van der Waals surface area contributed by atoms with Gasteiger partial charge < -0.3 is 14.8 Å². The van der Waals surface area contributed by atoms with Gasteiger partial charge in [0.1, 0.15) is 11.9 Å². The molecule has 1 atom stereocenters. The Morgan fingerprint density at radius 1 is 1.35 bits per heavy atom. The second-order valence-corrected chi connectivity index (χ2v) is 5.26. The molecular weight excluding hydrogens is 254 g/mol. The van der Waals surface area contributed by atoms with Gasteiger partial charge in [-0.25, -0.2) is 4.98 Å². The first-order chi connectivity index (χ1) is 9.86. The lowest BCUT2D eigenvalue weighted by atomic mass is 9.95. The summed E-state index contributed by atoms with van der Waals surface area (Å²) in [5, 5.41) is 12.5. The summed E-state index contributed by atoms with van der Waals surface area (Å²) in [6.45, 7) is 2.52. The minimum atomic E-state index is 0.0353. The number of aromatic nitrogens is 1. The zero-order valence-electron chi connectivity index (χ0n) is 11.5.